The lowest BCUT2D eigenvalue weighted by atomic mass is 10.1. The minimum atomic E-state index is 0.0718. The van der Waals surface area contributed by atoms with Gasteiger partial charge in [-0.3, -0.25) is 4.79 Å². The number of nitrogens with zero attached hydrogens (tertiary/aromatic N) is 1. The zero-order valence-corrected chi connectivity index (χ0v) is 11.6. The number of hydrogen-bond acceptors (Lipinski definition) is 4. The minimum absolute atomic E-state index is 0.0718. The highest BCUT2D eigenvalue weighted by molar-refractivity contribution is 5.97. The van der Waals surface area contributed by atoms with Crippen molar-refractivity contribution in [2.75, 3.05) is 26.4 Å². The zero-order chi connectivity index (χ0) is 13.7. The lowest BCUT2D eigenvalue weighted by molar-refractivity contribution is 0.0972. The van der Waals surface area contributed by atoms with Crippen LogP contribution in [0.25, 0.3) is 0 Å². The van der Waals surface area contributed by atoms with Gasteiger partial charge >= 0.3 is 0 Å². The predicted octanol–water partition coefficient (Wildman–Crippen LogP) is 2.19. The Hall–Kier alpha value is -1.55. The lowest BCUT2D eigenvalue weighted by Crippen LogP contribution is -2.16. The maximum atomic E-state index is 11.9. The van der Waals surface area contributed by atoms with Crippen LogP contribution in [0, 0.1) is 0 Å². The van der Waals surface area contributed by atoms with Gasteiger partial charge in [0.1, 0.15) is 5.75 Å². The van der Waals surface area contributed by atoms with E-state index in [4.69, 9.17) is 10.5 Å². The molecule has 2 N–H and O–H groups in total. The first-order chi connectivity index (χ1) is 8.40. The van der Waals surface area contributed by atoms with Crippen molar-refractivity contribution < 1.29 is 9.53 Å². The number of ketones is 1. The van der Waals surface area contributed by atoms with Gasteiger partial charge in [-0.2, -0.15) is 0 Å². The van der Waals surface area contributed by atoms with Crippen LogP contribution in [-0.4, -0.2) is 37.4 Å². The van der Waals surface area contributed by atoms with Crippen LogP contribution >= 0.6 is 0 Å². The Bertz CT molecular complexity index is 414. The second kappa shape index (κ2) is 6.40. The molecule has 0 atom stereocenters. The molecule has 0 aliphatic heterocycles. The first-order valence-electron chi connectivity index (χ1n) is 6.14. The monoisotopic (exact) mass is 250 g/mol. The molecule has 0 heterocycles. The summed E-state index contributed by atoms with van der Waals surface area (Å²) in [5.74, 6) is 0.737. The molecular formula is C14H22N2O2. The molecule has 1 aromatic carbocycles. The average Bonchev–Trinajstić information content (AvgIpc) is 2.28. The molecule has 0 aliphatic rings. The summed E-state index contributed by atoms with van der Waals surface area (Å²) in [5, 5.41) is 0. The largest absolute Gasteiger partial charge is 0.489 e. The van der Waals surface area contributed by atoms with E-state index in [9.17, 15) is 4.79 Å². The Morgan fingerprint density at radius 3 is 2.56 bits per heavy atom. The molecule has 0 aromatic heterocycles. The highest BCUT2D eigenvalue weighted by Gasteiger charge is 2.10. The molecule has 1 aromatic rings. The van der Waals surface area contributed by atoms with Gasteiger partial charge in [-0.05, 0) is 46.1 Å². The average molecular weight is 250 g/mol. The Morgan fingerprint density at radius 2 is 2.06 bits per heavy atom. The molecule has 100 valence electrons. The summed E-state index contributed by atoms with van der Waals surface area (Å²) in [6.07, 6.45) is 0.569. The fourth-order valence-electron chi connectivity index (χ4n) is 1.55. The van der Waals surface area contributed by atoms with Crippen molar-refractivity contribution in [3.8, 4) is 5.75 Å². The number of nitrogens with two attached hydrogens (primary N) is 1. The topological polar surface area (TPSA) is 55.6 Å². The maximum absolute atomic E-state index is 11.9. The van der Waals surface area contributed by atoms with Gasteiger partial charge in [-0.1, -0.05) is 0 Å². The van der Waals surface area contributed by atoms with E-state index in [1.807, 2.05) is 32.8 Å². The Balaban J connectivity index is 2.74. The second-order valence-electron chi connectivity index (χ2n) is 4.90. The van der Waals surface area contributed by atoms with E-state index in [0.717, 1.165) is 6.54 Å². The molecule has 0 saturated carbocycles. The van der Waals surface area contributed by atoms with Gasteiger partial charge in [-0.15, -0.1) is 0 Å². The van der Waals surface area contributed by atoms with E-state index < -0.39 is 0 Å². The summed E-state index contributed by atoms with van der Waals surface area (Å²) in [5.41, 5.74) is 7.03. The third kappa shape index (κ3) is 4.37. The number of rotatable bonds is 6. The van der Waals surface area contributed by atoms with Gasteiger partial charge in [0, 0.05) is 18.5 Å². The first kappa shape index (κ1) is 14.5. The summed E-state index contributed by atoms with van der Waals surface area (Å²) in [7, 11) is 3.89. The Morgan fingerprint density at radius 1 is 1.39 bits per heavy atom. The molecule has 0 amide bonds. The third-order valence-corrected chi connectivity index (χ3v) is 2.48. The van der Waals surface area contributed by atoms with E-state index in [0.29, 0.717) is 23.4 Å². The van der Waals surface area contributed by atoms with Crippen molar-refractivity contribution in [2.45, 2.75) is 26.4 Å². The SMILES string of the molecule is CC(C)Oc1ccc(C(=O)CCN(C)C)cc1N. The van der Waals surface area contributed by atoms with Gasteiger partial charge in [0.05, 0.1) is 11.8 Å². The van der Waals surface area contributed by atoms with Crippen molar-refractivity contribution in [1.29, 1.82) is 0 Å². The molecule has 0 fully saturated rings. The molecule has 0 radical (unpaired) electrons. The fraction of sp³-hybridized carbons (Fsp3) is 0.500. The van der Waals surface area contributed by atoms with E-state index >= 15 is 0 Å². The van der Waals surface area contributed by atoms with Crippen molar-refractivity contribution in [3.63, 3.8) is 0 Å². The molecule has 18 heavy (non-hydrogen) atoms. The molecule has 0 unspecified atom stereocenters. The fourth-order valence-corrected chi connectivity index (χ4v) is 1.55. The molecule has 0 saturated heterocycles. The van der Waals surface area contributed by atoms with Crippen molar-refractivity contribution >= 4 is 11.5 Å². The maximum Gasteiger partial charge on any atom is 0.164 e. The van der Waals surface area contributed by atoms with Crippen LogP contribution in [0.5, 0.6) is 5.75 Å². The van der Waals surface area contributed by atoms with Crippen molar-refractivity contribution in [3.05, 3.63) is 23.8 Å². The first-order valence-corrected chi connectivity index (χ1v) is 6.14. The predicted molar refractivity (Wildman–Crippen MR) is 74.1 cm³/mol. The van der Waals surface area contributed by atoms with E-state index in [1.54, 1.807) is 18.2 Å². The van der Waals surface area contributed by atoms with Crippen LogP contribution in [0.3, 0.4) is 0 Å². The van der Waals surface area contributed by atoms with Crippen LogP contribution in [0.1, 0.15) is 30.6 Å². The minimum Gasteiger partial charge on any atom is -0.489 e. The number of nitrogen functional groups attached to an aromatic ring is 1. The van der Waals surface area contributed by atoms with Crippen molar-refractivity contribution in [2.24, 2.45) is 0 Å². The van der Waals surface area contributed by atoms with Crippen molar-refractivity contribution in [1.82, 2.24) is 4.90 Å². The van der Waals surface area contributed by atoms with Crippen LogP contribution in [-0.2, 0) is 0 Å². The summed E-state index contributed by atoms with van der Waals surface area (Å²) in [4.78, 5) is 13.9. The summed E-state index contributed by atoms with van der Waals surface area (Å²) in [6.45, 7) is 4.62. The number of hydrogen-bond donors (Lipinski definition) is 1. The molecule has 0 aliphatic carbocycles. The summed E-state index contributed by atoms with van der Waals surface area (Å²) < 4.78 is 5.53. The van der Waals surface area contributed by atoms with Gasteiger partial charge in [0.25, 0.3) is 0 Å². The molecule has 0 bridgehead atoms. The standard InChI is InChI=1S/C14H22N2O2/c1-10(2)18-14-6-5-11(9-12(14)15)13(17)7-8-16(3)4/h5-6,9-10H,7-8,15H2,1-4H3. The van der Waals surface area contributed by atoms with E-state index in [2.05, 4.69) is 0 Å². The molecular weight excluding hydrogens is 228 g/mol. The second-order valence-corrected chi connectivity index (χ2v) is 4.90. The van der Waals surface area contributed by atoms with E-state index in [-0.39, 0.29) is 11.9 Å². The van der Waals surface area contributed by atoms with Gasteiger partial charge in [0.15, 0.2) is 5.78 Å². The number of Topliss-reactive ketones (excluding diaryl/α,β-unsaturated/α-hetero) is 1. The number of carbonyl (C=O) groups excluding carboxylic acids is 1. The third-order valence-electron chi connectivity index (χ3n) is 2.48. The Kier molecular flexibility index (Phi) is 5.16. The molecule has 4 nitrogen and oxygen atoms in total. The lowest BCUT2D eigenvalue weighted by Gasteiger charge is -2.13. The van der Waals surface area contributed by atoms with Gasteiger partial charge in [-0.25, -0.2) is 0 Å². The normalized spacial score (nSPS) is 11.0. The highest BCUT2D eigenvalue weighted by atomic mass is 16.5. The number of ether oxygens (including phenoxy) is 1. The van der Waals surface area contributed by atoms with Gasteiger partial charge < -0.3 is 15.4 Å². The molecule has 0 spiro atoms. The number of anilines is 1. The van der Waals surface area contributed by atoms with Crippen LogP contribution in [0.15, 0.2) is 18.2 Å². The van der Waals surface area contributed by atoms with E-state index in [1.165, 1.54) is 0 Å². The number of carbonyl (C=O) groups is 1. The quantitative estimate of drug-likeness (QED) is 0.621. The summed E-state index contributed by atoms with van der Waals surface area (Å²) in [6, 6.07) is 5.22. The molecule has 1 rings (SSSR count). The molecule has 4 heteroatoms. The number of benzene rings is 1. The summed E-state index contributed by atoms with van der Waals surface area (Å²) >= 11 is 0. The van der Waals surface area contributed by atoms with Crippen LogP contribution in [0.2, 0.25) is 0 Å². The Labute approximate surface area is 109 Å². The zero-order valence-electron chi connectivity index (χ0n) is 11.6. The van der Waals surface area contributed by atoms with Crippen LogP contribution in [0.4, 0.5) is 5.69 Å². The van der Waals surface area contributed by atoms with Crippen LogP contribution < -0.4 is 10.5 Å². The highest BCUT2D eigenvalue weighted by Crippen LogP contribution is 2.24. The smallest absolute Gasteiger partial charge is 0.164 e. The van der Waals surface area contributed by atoms with Gasteiger partial charge in [0.2, 0.25) is 0 Å².